The van der Waals surface area contributed by atoms with E-state index in [4.69, 9.17) is 17.0 Å². The molecule has 0 bridgehead atoms. The highest BCUT2D eigenvalue weighted by molar-refractivity contribution is 7.80. The number of halogens is 3. The number of esters is 1. The second-order valence-corrected chi connectivity index (χ2v) is 6.40. The fourth-order valence-electron chi connectivity index (χ4n) is 3.07. The van der Waals surface area contributed by atoms with Gasteiger partial charge in [-0.1, -0.05) is 48.5 Å². The van der Waals surface area contributed by atoms with Crippen LogP contribution in [-0.4, -0.2) is 17.7 Å². The molecule has 146 valence electrons. The topological polar surface area (TPSA) is 50.4 Å². The van der Waals surface area contributed by atoms with Crippen LogP contribution < -0.4 is 10.6 Å². The minimum atomic E-state index is -4.59. The summed E-state index contributed by atoms with van der Waals surface area (Å²) in [6.07, 6.45) is -4.59. The Bertz CT molecular complexity index is 927. The summed E-state index contributed by atoms with van der Waals surface area (Å²) in [5.41, 5.74) is 0.0359. The van der Waals surface area contributed by atoms with Gasteiger partial charge in [-0.2, -0.15) is 13.2 Å². The summed E-state index contributed by atoms with van der Waals surface area (Å²) in [6.45, 7) is 1.72. The lowest BCUT2D eigenvalue weighted by Gasteiger charge is -2.32. The maximum atomic E-state index is 13.6. The molecule has 2 N–H and O–H groups in total. The van der Waals surface area contributed by atoms with Crippen molar-refractivity contribution in [2.24, 2.45) is 0 Å². The molecule has 1 aliphatic rings. The van der Waals surface area contributed by atoms with Crippen molar-refractivity contribution in [3.8, 4) is 0 Å². The summed E-state index contributed by atoms with van der Waals surface area (Å²) in [4.78, 5) is 12.7. The van der Waals surface area contributed by atoms with Crippen LogP contribution in [-0.2, 0) is 15.7 Å². The van der Waals surface area contributed by atoms with Gasteiger partial charge in [0.2, 0.25) is 0 Å². The normalized spacial score (nSPS) is 17.0. The minimum Gasteiger partial charge on any atom is -0.463 e. The average molecular weight is 406 g/mol. The van der Waals surface area contributed by atoms with E-state index in [1.54, 1.807) is 37.3 Å². The number of thiocarbonyl (C=S) groups is 1. The molecule has 0 radical (unpaired) electrons. The number of hydrogen-bond donors (Lipinski definition) is 2. The number of carbonyl (C=O) groups excluding carboxylic acids is 1. The predicted molar refractivity (Wildman–Crippen MR) is 103 cm³/mol. The van der Waals surface area contributed by atoms with Gasteiger partial charge in [-0.15, -0.1) is 0 Å². The van der Waals surface area contributed by atoms with Gasteiger partial charge in [0.05, 0.1) is 29.5 Å². The van der Waals surface area contributed by atoms with Crippen molar-refractivity contribution in [1.29, 1.82) is 0 Å². The summed E-state index contributed by atoms with van der Waals surface area (Å²) in [5.74, 6) is -0.717. The molecule has 1 unspecified atom stereocenters. The molecule has 3 rings (SSSR count). The van der Waals surface area contributed by atoms with Crippen LogP contribution >= 0.6 is 12.2 Å². The van der Waals surface area contributed by atoms with Crippen molar-refractivity contribution in [2.45, 2.75) is 19.1 Å². The van der Waals surface area contributed by atoms with E-state index in [0.29, 0.717) is 11.3 Å². The molecule has 0 aromatic heterocycles. The maximum Gasteiger partial charge on any atom is 0.416 e. The first-order valence-corrected chi connectivity index (χ1v) is 8.94. The van der Waals surface area contributed by atoms with Gasteiger partial charge in [0.25, 0.3) is 0 Å². The van der Waals surface area contributed by atoms with E-state index >= 15 is 0 Å². The maximum absolute atomic E-state index is 13.6. The van der Waals surface area contributed by atoms with Gasteiger partial charge in [0, 0.05) is 0 Å². The quantitative estimate of drug-likeness (QED) is 0.589. The predicted octanol–water partition coefficient (Wildman–Crippen LogP) is 4.20. The summed E-state index contributed by atoms with van der Waals surface area (Å²) < 4.78 is 45.9. The number of hydrogen-bond acceptors (Lipinski definition) is 3. The number of nitrogens with one attached hydrogen (secondary N) is 2. The first-order chi connectivity index (χ1) is 13.3. The van der Waals surface area contributed by atoms with Crippen LogP contribution in [0.5, 0.6) is 0 Å². The summed E-state index contributed by atoms with van der Waals surface area (Å²) in [5, 5.41) is 5.81. The third-order valence-corrected chi connectivity index (χ3v) is 4.43. The molecule has 4 nitrogen and oxygen atoms in total. The van der Waals surface area contributed by atoms with E-state index in [1.807, 2.05) is 0 Å². The Morgan fingerprint density at radius 3 is 2.39 bits per heavy atom. The molecule has 0 saturated heterocycles. The molecule has 1 aliphatic heterocycles. The van der Waals surface area contributed by atoms with E-state index in [0.717, 1.165) is 6.07 Å². The average Bonchev–Trinajstić information content (AvgIpc) is 2.67. The first-order valence-electron chi connectivity index (χ1n) is 8.53. The highest BCUT2D eigenvalue weighted by Crippen LogP contribution is 2.39. The number of ether oxygens (including phenoxy) is 1. The molecule has 1 atom stereocenters. The van der Waals surface area contributed by atoms with Crippen LogP contribution in [0.25, 0.3) is 5.70 Å². The van der Waals surface area contributed by atoms with E-state index in [-0.39, 0.29) is 22.9 Å². The van der Waals surface area contributed by atoms with Crippen molar-refractivity contribution < 1.29 is 22.7 Å². The number of rotatable bonds is 4. The summed E-state index contributed by atoms with van der Waals surface area (Å²) in [7, 11) is 0. The van der Waals surface area contributed by atoms with Gasteiger partial charge in [0.1, 0.15) is 0 Å². The second kappa shape index (κ2) is 8.02. The van der Waals surface area contributed by atoms with Crippen molar-refractivity contribution in [2.75, 3.05) is 6.61 Å². The highest BCUT2D eigenvalue weighted by atomic mass is 32.1. The zero-order valence-corrected chi connectivity index (χ0v) is 15.7. The lowest BCUT2D eigenvalue weighted by atomic mass is 9.90. The molecule has 0 fully saturated rings. The lowest BCUT2D eigenvalue weighted by Crippen LogP contribution is -2.45. The van der Waals surface area contributed by atoms with E-state index in [9.17, 15) is 18.0 Å². The molecule has 0 saturated carbocycles. The van der Waals surface area contributed by atoms with Crippen molar-refractivity contribution in [3.05, 3.63) is 76.9 Å². The van der Waals surface area contributed by atoms with E-state index in [2.05, 4.69) is 10.6 Å². The highest BCUT2D eigenvalue weighted by Gasteiger charge is 2.40. The Morgan fingerprint density at radius 2 is 1.75 bits per heavy atom. The smallest absolute Gasteiger partial charge is 0.416 e. The molecule has 0 amide bonds. The zero-order valence-electron chi connectivity index (χ0n) is 14.8. The molecule has 2 aromatic rings. The molecular weight excluding hydrogens is 389 g/mol. The monoisotopic (exact) mass is 406 g/mol. The van der Waals surface area contributed by atoms with Crippen molar-refractivity contribution >= 4 is 29.0 Å². The van der Waals surface area contributed by atoms with E-state index < -0.39 is 23.8 Å². The Labute approximate surface area is 165 Å². The molecule has 8 heteroatoms. The zero-order chi connectivity index (χ0) is 20.3. The molecule has 1 heterocycles. The molecule has 28 heavy (non-hydrogen) atoms. The third-order valence-electron chi connectivity index (χ3n) is 4.21. The molecule has 2 aromatic carbocycles. The summed E-state index contributed by atoms with van der Waals surface area (Å²) in [6, 6.07) is 12.8. The Kier molecular flexibility index (Phi) is 5.69. The van der Waals surface area contributed by atoms with Crippen molar-refractivity contribution in [1.82, 2.24) is 10.6 Å². The van der Waals surface area contributed by atoms with Crippen LogP contribution in [0.2, 0.25) is 0 Å². The van der Waals surface area contributed by atoms with Gasteiger partial charge in [-0.3, -0.25) is 0 Å². The van der Waals surface area contributed by atoms with Crippen LogP contribution in [0.1, 0.15) is 29.7 Å². The Hall–Kier alpha value is -2.87. The van der Waals surface area contributed by atoms with E-state index in [1.165, 1.54) is 18.2 Å². The van der Waals surface area contributed by atoms with Gasteiger partial charge in [-0.05, 0) is 36.3 Å². The number of carbonyl (C=O) groups is 1. The second-order valence-electron chi connectivity index (χ2n) is 5.99. The lowest BCUT2D eigenvalue weighted by molar-refractivity contribution is -0.140. The van der Waals surface area contributed by atoms with Crippen LogP contribution in [0.4, 0.5) is 13.2 Å². The minimum absolute atomic E-state index is 0.0401. The third kappa shape index (κ3) is 4.01. The molecular formula is C20H17F3N2O2S. The molecule has 0 spiro atoms. The standard InChI is InChI=1S/C20H17F3N2O2S/c1-2-27-18(26)15-16(12-8-4-3-5-9-12)24-19(28)25-17(15)13-10-6-7-11-14(13)20(21,22)23/h3-11,17H,2H2,1H3,(H2,24,25,28). The summed E-state index contributed by atoms with van der Waals surface area (Å²) >= 11 is 5.21. The van der Waals surface area contributed by atoms with Crippen LogP contribution in [0, 0.1) is 0 Å². The van der Waals surface area contributed by atoms with Gasteiger partial charge in [0.15, 0.2) is 5.11 Å². The van der Waals surface area contributed by atoms with Gasteiger partial charge >= 0.3 is 12.1 Å². The Balaban J connectivity index is 2.25. The largest absolute Gasteiger partial charge is 0.463 e. The fraction of sp³-hybridized carbons (Fsp3) is 0.200. The van der Waals surface area contributed by atoms with Crippen molar-refractivity contribution in [3.63, 3.8) is 0 Å². The van der Waals surface area contributed by atoms with Crippen LogP contribution in [0.3, 0.4) is 0 Å². The first kappa shape index (κ1) is 19.9. The van der Waals surface area contributed by atoms with Crippen LogP contribution in [0.15, 0.2) is 60.2 Å². The number of benzene rings is 2. The molecule has 0 aliphatic carbocycles. The van der Waals surface area contributed by atoms with Gasteiger partial charge in [-0.25, -0.2) is 4.79 Å². The fourth-order valence-corrected chi connectivity index (χ4v) is 3.29. The SMILES string of the molecule is CCOC(=O)C1=C(c2ccccc2)NC(=S)NC1c1ccccc1C(F)(F)F. The number of alkyl halides is 3. The Morgan fingerprint density at radius 1 is 1.11 bits per heavy atom. The van der Waals surface area contributed by atoms with Gasteiger partial charge < -0.3 is 15.4 Å².